The van der Waals surface area contributed by atoms with Gasteiger partial charge in [0.15, 0.2) is 5.65 Å². The molecule has 0 amide bonds. The summed E-state index contributed by atoms with van der Waals surface area (Å²) in [4.78, 5) is 13.0. The zero-order valence-corrected chi connectivity index (χ0v) is 10.2. The van der Waals surface area contributed by atoms with Crippen LogP contribution < -0.4 is 0 Å². The van der Waals surface area contributed by atoms with Crippen molar-refractivity contribution in [3.05, 3.63) is 54.2 Å². The van der Waals surface area contributed by atoms with E-state index in [4.69, 9.17) is 0 Å². The van der Waals surface area contributed by atoms with Crippen molar-refractivity contribution < 1.29 is 0 Å². The molecule has 0 aliphatic carbocycles. The van der Waals surface area contributed by atoms with Gasteiger partial charge in [-0.05, 0) is 12.0 Å². The zero-order chi connectivity index (χ0) is 12.4. The van der Waals surface area contributed by atoms with Crippen LogP contribution in [0, 0.1) is 0 Å². The van der Waals surface area contributed by atoms with Crippen LogP contribution in [0.15, 0.2) is 43.0 Å². The SMILES string of the molecule is CCc1ncnc2c1ncn2Cc1ccccc1. The average Bonchev–Trinajstić information content (AvgIpc) is 2.83. The Labute approximate surface area is 105 Å². The van der Waals surface area contributed by atoms with Crippen molar-refractivity contribution in [2.24, 2.45) is 0 Å². The predicted octanol–water partition coefficient (Wildman–Crippen LogP) is 2.44. The van der Waals surface area contributed by atoms with Gasteiger partial charge >= 0.3 is 0 Å². The molecule has 0 bridgehead atoms. The minimum Gasteiger partial charge on any atom is -0.311 e. The number of aromatic nitrogens is 4. The quantitative estimate of drug-likeness (QED) is 0.704. The van der Waals surface area contributed by atoms with Crippen molar-refractivity contribution in [1.82, 2.24) is 19.5 Å². The van der Waals surface area contributed by atoms with Crippen molar-refractivity contribution in [1.29, 1.82) is 0 Å². The standard InChI is InChI=1S/C14H14N4/c1-2-12-13-14(16-9-15-12)18(10-17-13)8-11-6-4-3-5-7-11/h3-7,9-10H,2,8H2,1H3. The van der Waals surface area contributed by atoms with Crippen molar-refractivity contribution in [3.8, 4) is 0 Å². The molecule has 4 heteroatoms. The van der Waals surface area contributed by atoms with E-state index in [0.29, 0.717) is 0 Å². The molecule has 4 nitrogen and oxygen atoms in total. The van der Waals surface area contributed by atoms with Crippen LogP contribution >= 0.6 is 0 Å². The Bertz CT molecular complexity index is 658. The number of fused-ring (bicyclic) bond motifs is 1. The summed E-state index contributed by atoms with van der Waals surface area (Å²) < 4.78 is 2.06. The molecule has 0 saturated heterocycles. The average molecular weight is 238 g/mol. The predicted molar refractivity (Wildman–Crippen MR) is 70.2 cm³/mol. The first-order chi connectivity index (χ1) is 8.88. The van der Waals surface area contributed by atoms with Crippen molar-refractivity contribution in [2.45, 2.75) is 19.9 Å². The number of benzene rings is 1. The second-order valence-corrected chi connectivity index (χ2v) is 4.20. The molecule has 0 fully saturated rings. The molecular formula is C14H14N4. The maximum atomic E-state index is 4.42. The van der Waals surface area contributed by atoms with Crippen molar-refractivity contribution in [2.75, 3.05) is 0 Å². The van der Waals surface area contributed by atoms with Gasteiger partial charge in [-0.3, -0.25) is 0 Å². The third-order valence-corrected chi connectivity index (χ3v) is 3.01. The third-order valence-electron chi connectivity index (χ3n) is 3.01. The van der Waals surface area contributed by atoms with Gasteiger partial charge in [-0.2, -0.15) is 0 Å². The van der Waals surface area contributed by atoms with E-state index in [1.54, 1.807) is 6.33 Å². The number of hydrogen-bond donors (Lipinski definition) is 0. The van der Waals surface area contributed by atoms with E-state index in [9.17, 15) is 0 Å². The fourth-order valence-corrected chi connectivity index (χ4v) is 2.08. The first kappa shape index (κ1) is 10.9. The van der Waals surface area contributed by atoms with Crippen LogP contribution in [-0.4, -0.2) is 19.5 Å². The van der Waals surface area contributed by atoms with E-state index < -0.39 is 0 Å². The lowest BCUT2D eigenvalue weighted by Crippen LogP contribution is -2.00. The number of aryl methyl sites for hydroxylation is 1. The first-order valence-corrected chi connectivity index (χ1v) is 6.07. The van der Waals surface area contributed by atoms with Crippen LogP contribution in [0.3, 0.4) is 0 Å². The van der Waals surface area contributed by atoms with Gasteiger partial charge < -0.3 is 4.57 Å². The number of nitrogens with zero attached hydrogens (tertiary/aromatic N) is 4. The summed E-state index contributed by atoms with van der Waals surface area (Å²) in [6.07, 6.45) is 4.33. The van der Waals surface area contributed by atoms with E-state index in [-0.39, 0.29) is 0 Å². The topological polar surface area (TPSA) is 43.6 Å². The molecule has 0 spiro atoms. The second-order valence-electron chi connectivity index (χ2n) is 4.20. The van der Waals surface area contributed by atoms with Crippen LogP contribution in [0.1, 0.15) is 18.2 Å². The van der Waals surface area contributed by atoms with Crippen LogP contribution in [0.25, 0.3) is 11.2 Å². The number of imidazole rings is 1. The van der Waals surface area contributed by atoms with E-state index in [2.05, 4.69) is 38.6 Å². The second kappa shape index (κ2) is 4.56. The van der Waals surface area contributed by atoms with Gasteiger partial charge in [-0.25, -0.2) is 15.0 Å². The summed E-state index contributed by atoms with van der Waals surface area (Å²) in [5, 5.41) is 0. The lowest BCUT2D eigenvalue weighted by molar-refractivity contribution is 0.812. The molecule has 1 aromatic carbocycles. The number of hydrogen-bond acceptors (Lipinski definition) is 3. The molecule has 0 atom stereocenters. The van der Waals surface area contributed by atoms with E-state index in [0.717, 1.165) is 29.8 Å². The van der Waals surface area contributed by atoms with Gasteiger partial charge in [-0.1, -0.05) is 37.3 Å². The number of rotatable bonds is 3. The van der Waals surface area contributed by atoms with Gasteiger partial charge in [0.2, 0.25) is 0 Å². The summed E-state index contributed by atoms with van der Waals surface area (Å²) in [5.74, 6) is 0. The minimum absolute atomic E-state index is 0.789. The van der Waals surface area contributed by atoms with Gasteiger partial charge in [0.25, 0.3) is 0 Å². The fraction of sp³-hybridized carbons (Fsp3) is 0.214. The Morgan fingerprint density at radius 3 is 2.67 bits per heavy atom. The Morgan fingerprint density at radius 2 is 1.89 bits per heavy atom. The lowest BCUT2D eigenvalue weighted by atomic mass is 10.2. The van der Waals surface area contributed by atoms with Gasteiger partial charge in [0.05, 0.1) is 18.6 Å². The van der Waals surface area contributed by atoms with Gasteiger partial charge in [-0.15, -0.1) is 0 Å². The Balaban J connectivity index is 2.03. The van der Waals surface area contributed by atoms with Crippen LogP contribution in [0.5, 0.6) is 0 Å². The minimum atomic E-state index is 0.789. The van der Waals surface area contributed by atoms with Crippen molar-refractivity contribution in [3.63, 3.8) is 0 Å². The van der Waals surface area contributed by atoms with E-state index >= 15 is 0 Å². The normalized spacial score (nSPS) is 10.9. The lowest BCUT2D eigenvalue weighted by Gasteiger charge is -2.03. The molecule has 0 aliphatic heterocycles. The van der Waals surface area contributed by atoms with Crippen LogP contribution in [-0.2, 0) is 13.0 Å². The summed E-state index contributed by atoms with van der Waals surface area (Å²) in [6, 6.07) is 10.3. The summed E-state index contributed by atoms with van der Waals surface area (Å²) >= 11 is 0. The summed E-state index contributed by atoms with van der Waals surface area (Å²) in [6.45, 7) is 2.87. The molecular weight excluding hydrogens is 224 g/mol. The fourth-order valence-electron chi connectivity index (χ4n) is 2.08. The Morgan fingerprint density at radius 1 is 1.06 bits per heavy atom. The highest BCUT2D eigenvalue weighted by atomic mass is 15.1. The maximum absolute atomic E-state index is 4.42. The third kappa shape index (κ3) is 1.86. The van der Waals surface area contributed by atoms with Gasteiger partial charge in [0, 0.05) is 0 Å². The molecule has 0 aliphatic rings. The summed E-state index contributed by atoms with van der Waals surface area (Å²) in [7, 11) is 0. The highest BCUT2D eigenvalue weighted by Crippen LogP contribution is 2.14. The molecule has 0 radical (unpaired) electrons. The molecule has 2 heterocycles. The smallest absolute Gasteiger partial charge is 0.163 e. The van der Waals surface area contributed by atoms with E-state index in [1.165, 1.54) is 5.56 Å². The highest BCUT2D eigenvalue weighted by molar-refractivity contribution is 5.73. The molecule has 18 heavy (non-hydrogen) atoms. The molecule has 0 saturated carbocycles. The Hall–Kier alpha value is -2.23. The van der Waals surface area contributed by atoms with Gasteiger partial charge in [0.1, 0.15) is 11.8 Å². The molecule has 3 aromatic rings. The monoisotopic (exact) mass is 238 g/mol. The van der Waals surface area contributed by atoms with Crippen LogP contribution in [0.2, 0.25) is 0 Å². The Kier molecular flexibility index (Phi) is 2.76. The maximum Gasteiger partial charge on any atom is 0.163 e. The largest absolute Gasteiger partial charge is 0.311 e. The first-order valence-electron chi connectivity index (χ1n) is 6.07. The molecule has 90 valence electrons. The zero-order valence-electron chi connectivity index (χ0n) is 10.2. The molecule has 3 rings (SSSR count). The molecule has 0 unspecified atom stereocenters. The highest BCUT2D eigenvalue weighted by Gasteiger charge is 2.08. The van der Waals surface area contributed by atoms with Crippen LogP contribution in [0.4, 0.5) is 0 Å². The summed E-state index contributed by atoms with van der Waals surface area (Å²) in [5.41, 5.74) is 4.07. The van der Waals surface area contributed by atoms with E-state index in [1.807, 2.05) is 24.5 Å². The molecule has 2 aromatic heterocycles. The molecule has 0 N–H and O–H groups in total. The van der Waals surface area contributed by atoms with Crippen molar-refractivity contribution >= 4 is 11.2 Å².